The summed E-state index contributed by atoms with van der Waals surface area (Å²) in [4.78, 5) is 29.4. The normalized spacial score (nSPS) is 13.7. The van der Waals surface area contributed by atoms with Crippen LogP contribution in [-0.4, -0.2) is 31.6 Å². The van der Waals surface area contributed by atoms with E-state index >= 15 is 0 Å². The van der Waals surface area contributed by atoms with Gasteiger partial charge in [-0.2, -0.15) is 0 Å². The predicted molar refractivity (Wildman–Crippen MR) is 224 cm³/mol. The summed E-state index contributed by atoms with van der Waals surface area (Å²) in [5.41, 5.74) is 9.59. The van der Waals surface area contributed by atoms with Crippen LogP contribution in [0.1, 0.15) is 143 Å². The average molecular weight is 714 g/mol. The third-order valence-electron chi connectivity index (χ3n) is 8.53. The van der Waals surface area contributed by atoms with Crippen LogP contribution in [0, 0.1) is 5.92 Å². The highest BCUT2D eigenvalue weighted by Gasteiger charge is 2.26. The lowest BCUT2D eigenvalue weighted by Gasteiger charge is -2.24. The quantitative estimate of drug-likeness (QED) is 0.0656. The van der Waals surface area contributed by atoms with E-state index in [1.165, 1.54) is 64.8 Å². The molecule has 2 aromatic carbocycles. The SMILES string of the molecule is C=C/C=C(\C=C1/CC(C(=O)N[C@@H](CC)c2ccccc2)=C(CC)C(c2ccccc2)=N1)OCC=O.CCCC(C)CCC.CCCCCCC.CN. The van der Waals surface area contributed by atoms with E-state index in [4.69, 9.17) is 9.73 Å². The van der Waals surface area contributed by atoms with E-state index in [1.54, 1.807) is 18.2 Å². The largest absolute Gasteiger partial charge is 0.486 e. The first-order valence-corrected chi connectivity index (χ1v) is 19.7. The van der Waals surface area contributed by atoms with Gasteiger partial charge in [-0.25, -0.2) is 0 Å². The van der Waals surface area contributed by atoms with Crippen LogP contribution in [0.5, 0.6) is 0 Å². The fraction of sp³-hybridized carbons (Fsp3) is 0.500. The highest BCUT2D eigenvalue weighted by atomic mass is 16.5. The molecule has 0 saturated heterocycles. The number of nitrogens with two attached hydrogens (primary N) is 1. The molecule has 3 N–H and O–H groups in total. The molecule has 1 heterocycles. The van der Waals surface area contributed by atoms with Crippen molar-refractivity contribution in [2.24, 2.45) is 16.6 Å². The number of hydrogen-bond donors (Lipinski definition) is 2. The maximum absolute atomic E-state index is 13.7. The Balaban J connectivity index is 0.00000127. The average Bonchev–Trinajstić information content (AvgIpc) is 3.18. The number of aliphatic imine (C=N–C) groups is 1. The van der Waals surface area contributed by atoms with Crippen molar-refractivity contribution < 1.29 is 14.3 Å². The first kappa shape index (κ1) is 48.0. The number of unbranched alkanes of at least 4 members (excludes halogenated alkanes) is 4. The van der Waals surface area contributed by atoms with Crippen molar-refractivity contribution in [2.75, 3.05) is 13.7 Å². The van der Waals surface area contributed by atoms with Gasteiger partial charge >= 0.3 is 0 Å². The number of benzene rings is 2. The van der Waals surface area contributed by atoms with Crippen LogP contribution in [0.3, 0.4) is 0 Å². The number of aldehydes is 1. The number of hydrogen-bond acceptors (Lipinski definition) is 5. The van der Waals surface area contributed by atoms with Crippen molar-refractivity contribution >= 4 is 17.9 Å². The first-order chi connectivity index (χ1) is 25.3. The van der Waals surface area contributed by atoms with Crippen molar-refractivity contribution in [3.05, 3.63) is 119 Å². The zero-order chi connectivity index (χ0) is 39.0. The summed E-state index contributed by atoms with van der Waals surface area (Å²) < 4.78 is 5.52. The Kier molecular flexibility index (Phi) is 29.2. The molecule has 0 aromatic heterocycles. The van der Waals surface area contributed by atoms with Crippen LogP contribution in [-0.2, 0) is 14.3 Å². The van der Waals surface area contributed by atoms with E-state index in [-0.39, 0.29) is 18.6 Å². The summed E-state index contributed by atoms with van der Waals surface area (Å²) in [7, 11) is 1.50. The number of ether oxygens (including phenoxy) is 1. The molecule has 1 aliphatic rings. The standard InChI is InChI=1S/C30H32N2O3.C8H18.C7H16.CH5N/c1-4-13-25(35-19-18-33)20-24-21-27(26(5-2)29(31-24)23-16-11-8-12-17-23)30(34)32-28(6-3)22-14-9-7-10-15-22;1-4-6-8(3)7-5-2;1-3-5-7-6-4-2;1-2/h4,7-18,20,28H,1,5-6,19,21H2,2-3H3,(H,32,34);8H,4-7H2,1-3H3;3-7H2,1-2H3;2H2,1H3/b24-20+,25-13+;;;/t28-;;;/m0.../s1. The van der Waals surface area contributed by atoms with Crippen LogP contribution in [0.25, 0.3) is 0 Å². The second-order valence-corrected chi connectivity index (χ2v) is 12.8. The van der Waals surface area contributed by atoms with Gasteiger partial charge in [-0.05, 0) is 43.0 Å². The van der Waals surface area contributed by atoms with Crippen molar-refractivity contribution in [2.45, 2.75) is 132 Å². The number of allylic oxidation sites excluding steroid dienone is 5. The molecule has 1 atom stereocenters. The number of amides is 1. The van der Waals surface area contributed by atoms with Gasteiger partial charge in [-0.15, -0.1) is 0 Å². The summed E-state index contributed by atoms with van der Waals surface area (Å²) in [6.45, 7) is 19.1. The highest BCUT2D eigenvalue weighted by molar-refractivity contribution is 6.18. The Morgan fingerprint density at radius 1 is 0.885 bits per heavy atom. The van der Waals surface area contributed by atoms with E-state index in [0.717, 1.165) is 34.8 Å². The Hall–Kier alpha value is -4.03. The Labute approximate surface area is 317 Å². The van der Waals surface area contributed by atoms with Gasteiger partial charge in [0.05, 0.1) is 11.8 Å². The van der Waals surface area contributed by atoms with Gasteiger partial charge in [-0.3, -0.25) is 14.6 Å². The van der Waals surface area contributed by atoms with Gasteiger partial charge < -0.3 is 15.8 Å². The van der Waals surface area contributed by atoms with E-state index in [9.17, 15) is 9.59 Å². The van der Waals surface area contributed by atoms with Gasteiger partial charge in [0, 0.05) is 29.3 Å². The van der Waals surface area contributed by atoms with Crippen molar-refractivity contribution in [3.63, 3.8) is 0 Å². The highest BCUT2D eigenvalue weighted by Crippen LogP contribution is 2.31. The minimum Gasteiger partial charge on any atom is -0.486 e. The van der Waals surface area contributed by atoms with Crippen molar-refractivity contribution in [1.82, 2.24) is 5.32 Å². The molecule has 2 aromatic rings. The van der Waals surface area contributed by atoms with E-state index in [0.29, 0.717) is 36.2 Å². The van der Waals surface area contributed by atoms with Crippen LogP contribution >= 0.6 is 0 Å². The van der Waals surface area contributed by atoms with Crippen LogP contribution < -0.4 is 11.1 Å². The number of nitrogens with one attached hydrogen (secondary N) is 1. The zero-order valence-electron chi connectivity index (χ0n) is 33.9. The Morgan fingerprint density at radius 2 is 1.46 bits per heavy atom. The number of carbonyl (C=O) groups excluding carboxylic acids is 2. The predicted octanol–water partition coefficient (Wildman–Crippen LogP) is 11.8. The Morgan fingerprint density at radius 3 is 1.94 bits per heavy atom. The first-order valence-electron chi connectivity index (χ1n) is 19.7. The smallest absolute Gasteiger partial charge is 0.248 e. The number of rotatable bonds is 19. The molecule has 1 amide bonds. The molecule has 6 nitrogen and oxygen atoms in total. The topological polar surface area (TPSA) is 93.8 Å². The summed E-state index contributed by atoms with van der Waals surface area (Å²) in [6.07, 6.45) is 20.1. The molecule has 1 aliphatic heterocycles. The monoisotopic (exact) mass is 714 g/mol. The van der Waals surface area contributed by atoms with E-state index < -0.39 is 0 Å². The van der Waals surface area contributed by atoms with Gasteiger partial charge in [-0.1, -0.05) is 180 Å². The summed E-state index contributed by atoms with van der Waals surface area (Å²) in [5, 5.41) is 3.23. The zero-order valence-corrected chi connectivity index (χ0v) is 33.9. The molecule has 0 aliphatic carbocycles. The second kappa shape index (κ2) is 31.7. The van der Waals surface area contributed by atoms with Gasteiger partial charge in [0.1, 0.15) is 12.4 Å². The number of carbonyl (C=O) groups is 2. The summed E-state index contributed by atoms with van der Waals surface area (Å²) >= 11 is 0. The Bertz CT molecular complexity index is 1350. The molecule has 0 unspecified atom stereocenters. The molecule has 0 radical (unpaired) electrons. The fourth-order valence-electron chi connectivity index (χ4n) is 5.90. The summed E-state index contributed by atoms with van der Waals surface area (Å²) in [6, 6.07) is 19.8. The van der Waals surface area contributed by atoms with E-state index in [2.05, 4.69) is 59.2 Å². The van der Waals surface area contributed by atoms with Crippen molar-refractivity contribution in [1.29, 1.82) is 0 Å². The minimum absolute atomic E-state index is 0.0721. The number of nitrogens with zero attached hydrogens (tertiary/aromatic N) is 1. The maximum atomic E-state index is 13.7. The number of dihydropyridines is 1. The van der Waals surface area contributed by atoms with Crippen LogP contribution in [0.15, 0.2) is 113 Å². The molecule has 52 heavy (non-hydrogen) atoms. The summed E-state index contributed by atoms with van der Waals surface area (Å²) in [5.74, 6) is 1.33. The molecule has 288 valence electrons. The second-order valence-electron chi connectivity index (χ2n) is 12.8. The molecule has 3 rings (SSSR count). The lowest BCUT2D eigenvalue weighted by atomic mass is 9.89. The fourth-order valence-corrected chi connectivity index (χ4v) is 5.90. The molecule has 0 saturated carbocycles. The lowest BCUT2D eigenvalue weighted by Crippen LogP contribution is -2.32. The van der Waals surface area contributed by atoms with E-state index in [1.807, 2.05) is 67.6 Å². The molecular formula is C46H71N3O3. The van der Waals surface area contributed by atoms with Crippen LogP contribution in [0.2, 0.25) is 0 Å². The molecule has 6 heteroatoms. The minimum atomic E-state index is -0.102. The van der Waals surface area contributed by atoms with Crippen molar-refractivity contribution in [3.8, 4) is 0 Å². The molecule has 0 fully saturated rings. The maximum Gasteiger partial charge on any atom is 0.248 e. The molecule has 0 spiro atoms. The molecular weight excluding hydrogens is 643 g/mol. The third kappa shape index (κ3) is 19.5. The van der Waals surface area contributed by atoms with Gasteiger partial charge in [0.2, 0.25) is 5.91 Å². The van der Waals surface area contributed by atoms with Gasteiger partial charge in [0.25, 0.3) is 0 Å². The van der Waals surface area contributed by atoms with Gasteiger partial charge in [0.15, 0.2) is 6.29 Å². The van der Waals surface area contributed by atoms with Crippen LogP contribution in [0.4, 0.5) is 0 Å². The molecule has 0 bridgehead atoms. The lowest BCUT2D eigenvalue weighted by molar-refractivity contribution is -0.118. The third-order valence-corrected chi connectivity index (χ3v) is 8.53.